The number of carboxylic acids is 1. The van der Waals surface area contributed by atoms with E-state index in [2.05, 4.69) is 0 Å². The van der Waals surface area contributed by atoms with Gasteiger partial charge in [0.2, 0.25) is 0 Å². The third kappa shape index (κ3) is 4.43. The number of amides is 1. The number of hydrogen-bond acceptors (Lipinski definition) is 6. The highest BCUT2D eigenvalue weighted by Gasteiger charge is 2.40. The van der Waals surface area contributed by atoms with Crippen molar-refractivity contribution in [3.8, 4) is 0 Å². The molecule has 1 atom stereocenters. The van der Waals surface area contributed by atoms with E-state index in [-0.39, 0.29) is 27.3 Å². The van der Waals surface area contributed by atoms with Crippen LogP contribution in [-0.2, 0) is 9.59 Å². The molecule has 0 aromatic heterocycles. The zero-order chi connectivity index (χ0) is 18.7. The van der Waals surface area contributed by atoms with Crippen molar-refractivity contribution < 1.29 is 19.6 Å². The molecular weight excluding hydrogens is 364 g/mol. The first-order valence-corrected chi connectivity index (χ1v) is 8.67. The van der Waals surface area contributed by atoms with E-state index in [0.29, 0.717) is 5.56 Å². The van der Waals surface area contributed by atoms with E-state index in [1.165, 1.54) is 24.3 Å². The molecular formula is C16H16N2O5S2. The largest absolute Gasteiger partial charge is 0.480 e. The standard InChI is InChI=1S/C16H16N2O5S2/c1-9(2)6-12(15(20)21)17-14(19)13(25-16(17)24)8-10-4-3-5-11(7-10)18(22)23/h3-5,7-9,12H,6H2,1-2H3,(H,20,21). The molecule has 1 aliphatic rings. The van der Waals surface area contributed by atoms with Gasteiger partial charge in [-0.25, -0.2) is 4.79 Å². The summed E-state index contributed by atoms with van der Waals surface area (Å²) in [6, 6.07) is 4.82. The predicted octanol–water partition coefficient (Wildman–Crippen LogP) is 3.30. The molecule has 0 aliphatic carbocycles. The third-order valence-corrected chi connectivity index (χ3v) is 4.82. The minimum Gasteiger partial charge on any atom is -0.480 e. The minimum absolute atomic E-state index is 0.0755. The second-order valence-corrected chi connectivity index (χ2v) is 7.56. The summed E-state index contributed by atoms with van der Waals surface area (Å²) in [5.41, 5.74) is 0.387. The molecule has 1 N–H and O–H groups in total. The SMILES string of the molecule is CC(C)CC(C(=O)O)N1C(=O)C(=Cc2cccc([N+](=O)[O-])c2)SC1=S. The van der Waals surface area contributed by atoms with Gasteiger partial charge in [-0.05, 0) is 24.0 Å². The summed E-state index contributed by atoms with van der Waals surface area (Å²) in [4.78, 5) is 35.8. The number of aliphatic carboxylic acids is 1. The first kappa shape index (κ1) is 19.1. The lowest BCUT2D eigenvalue weighted by Crippen LogP contribution is -2.44. The Balaban J connectivity index is 2.32. The van der Waals surface area contributed by atoms with Crippen LogP contribution in [0.15, 0.2) is 29.2 Å². The van der Waals surface area contributed by atoms with Crippen molar-refractivity contribution in [1.29, 1.82) is 0 Å². The van der Waals surface area contributed by atoms with E-state index in [0.717, 1.165) is 16.7 Å². The maximum Gasteiger partial charge on any atom is 0.326 e. The summed E-state index contributed by atoms with van der Waals surface area (Å²) < 4.78 is 0.176. The zero-order valence-corrected chi connectivity index (χ0v) is 15.2. The van der Waals surface area contributed by atoms with Crippen LogP contribution in [0.3, 0.4) is 0 Å². The fourth-order valence-corrected chi connectivity index (χ4v) is 3.75. The Bertz CT molecular complexity index is 776. The Kier molecular flexibility index (Phi) is 5.91. The van der Waals surface area contributed by atoms with Gasteiger partial charge in [0, 0.05) is 12.1 Å². The Morgan fingerprint density at radius 2 is 2.16 bits per heavy atom. The number of carbonyl (C=O) groups excluding carboxylic acids is 1. The van der Waals surface area contributed by atoms with E-state index in [1.807, 2.05) is 13.8 Å². The van der Waals surface area contributed by atoms with Crippen molar-refractivity contribution in [2.75, 3.05) is 0 Å². The fraction of sp³-hybridized carbons (Fsp3) is 0.312. The summed E-state index contributed by atoms with van der Waals surface area (Å²) in [6.45, 7) is 3.74. The van der Waals surface area contributed by atoms with Gasteiger partial charge in [-0.3, -0.25) is 19.8 Å². The smallest absolute Gasteiger partial charge is 0.326 e. The minimum atomic E-state index is -1.11. The number of carboxylic acid groups (broad SMARTS) is 1. The van der Waals surface area contributed by atoms with Crippen LogP contribution in [-0.4, -0.2) is 37.2 Å². The lowest BCUT2D eigenvalue weighted by atomic mass is 10.0. The van der Waals surface area contributed by atoms with E-state index < -0.39 is 22.8 Å². The first-order valence-electron chi connectivity index (χ1n) is 7.45. The van der Waals surface area contributed by atoms with Gasteiger partial charge in [0.15, 0.2) is 0 Å². The van der Waals surface area contributed by atoms with Crippen LogP contribution in [0.5, 0.6) is 0 Å². The van der Waals surface area contributed by atoms with Gasteiger partial charge >= 0.3 is 5.97 Å². The molecule has 9 heteroatoms. The lowest BCUT2D eigenvalue weighted by Gasteiger charge is -2.24. The van der Waals surface area contributed by atoms with Crippen molar-refractivity contribution in [2.24, 2.45) is 5.92 Å². The van der Waals surface area contributed by atoms with Crippen molar-refractivity contribution in [3.05, 3.63) is 44.8 Å². The van der Waals surface area contributed by atoms with Crippen molar-refractivity contribution >= 4 is 51.9 Å². The molecule has 1 amide bonds. The third-order valence-electron chi connectivity index (χ3n) is 3.49. The van der Waals surface area contributed by atoms with Crippen LogP contribution in [0, 0.1) is 16.0 Å². The Hall–Kier alpha value is -2.26. The number of hydrogen-bond donors (Lipinski definition) is 1. The van der Waals surface area contributed by atoms with Crippen LogP contribution >= 0.6 is 24.0 Å². The predicted molar refractivity (Wildman–Crippen MR) is 99.0 cm³/mol. The van der Waals surface area contributed by atoms with Crippen LogP contribution in [0.2, 0.25) is 0 Å². The average molecular weight is 380 g/mol. The average Bonchev–Trinajstić information content (AvgIpc) is 2.79. The number of thioether (sulfide) groups is 1. The van der Waals surface area contributed by atoms with Gasteiger partial charge in [-0.2, -0.15) is 0 Å². The van der Waals surface area contributed by atoms with Crippen molar-refractivity contribution in [1.82, 2.24) is 4.90 Å². The van der Waals surface area contributed by atoms with Crippen molar-refractivity contribution in [3.63, 3.8) is 0 Å². The normalized spacial score (nSPS) is 17.4. The number of thiocarbonyl (C=S) groups is 1. The van der Waals surface area contributed by atoms with Crippen molar-refractivity contribution in [2.45, 2.75) is 26.3 Å². The molecule has 132 valence electrons. The van der Waals surface area contributed by atoms with Gasteiger partial charge in [0.05, 0.1) is 9.83 Å². The van der Waals surface area contributed by atoms with E-state index in [4.69, 9.17) is 12.2 Å². The van der Waals surface area contributed by atoms with Crippen LogP contribution in [0.1, 0.15) is 25.8 Å². The molecule has 0 saturated carbocycles. The van der Waals surface area contributed by atoms with E-state index in [9.17, 15) is 24.8 Å². The van der Waals surface area contributed by atoms with Gasteiger partial charge in [-0.15, -0.1) is 0 Å². The van der Waals surface area contributed by atoms with E-state index in [1.54, 1.807) is 6.07 Å². The number of carbonyl (C=O) groups is 2. The number of nitrogens with zero attached hydrogens (tertiary/aromatic N) is 2. The van der Waals surface area contributed by atoms with E-state index >= 15 is 0 Å². The molecule has 2 rings (SSSR count). The number of non-ortho nitro benzene ring substituents is 1. The summed E-state index contributed by atoms with van der Waals surface area (Å²) in [5, 5.41) is 20.3. The molecule has 1 fully saturated rings. The molecule has 7 nitrogen and oxygen atoms in total. The van der Waals surface area contributed by atoms with Gasteiger partial charge < -0.3 is 5.11 Å². The maximum absolute atomic E-state index is 12.6. The topological polar surface area (TPSA) is 101 Å². The fourth-order valence-electron chi connectivity index (χ4n) is 2.39. The molecule has 25 heavy (non-hydrogen) atoms. The second kappa shape index (κ2) is 7.75. The summed E-state index contributed by atoms with van der Waals surface area (Å²) in [7, 11) is 0. The van der Waals surface area contributed by atoms with Gasteiger partial charge in [0.1, 0.15) is 10.4 Å². The molecule has 1 aromatic carbocycles. The Labute approximate surface area is 153 Å². The van der Waals surface area contributed by atoms with Gasteiger partial charge in [-0.1, -0.05) is 50.0 Å². The van der Waals surface area contributed by atoms with Crippen LogP contribution in [0.25, 0.3) is 6.08 Å². The lowest BCUT2D eigenvalue weighted by molar-refractivity contribution is -0.384. The molecule has 0 radical (unpaired) electrons. The summed E-state index contributed by atoms with van der Waals surface area (Å²) in [5.74, 6) is -1.53. The molecule has 1 aliphatic heterocycles. The molecule has 0 bridgehead atoms. The molecule has 1 aromatic rings. The monoisotopic (exact) mass is 380 g/mol. The molecule has 1 unspecified atom stereocenters. The molecule has 0 spiro atoms. The molecule has 1 heterocycles. The Morgan fingerprint density at radius 1 is 1.48 bits per heavy atom. The summed E-state index contributed by atoms with van der Waals surface area (Å²) >= 11 is 6.18. The zero-order valence-electron chi connectivity index (χ0n) is 13.5. The number of rotatable bonds is 6. The highest BCUT2D eigenvalue weighted by molar-refractivity contribution is 8.26. The second-order valence-electron chi connectivity index (χ2n) is 5.89. The van der Waals surface area contributed by atoms with Gasteiger partial charge in [0.25, 0.3) is 11.6 Å². The highest BCUT2D eigenvalue weighted by Crippen LogP contribution is 2.35. The summed E-state index contributed by atoms with van der Waals surface area (Å²) in [6.07, 6.45) is 1.77. The van der Waals surface area contributed by atoms with Crippen LogP contribution in [0.4, 0.5) is 5.69 Å². The first-order chi connectivity index (χ1) is 11.7. The van der Waals surface area contributed by atoms with Crippen LogP contribution < -0.4 is 0 Å². The number of nitro benzene ring substituents is 1. The quantitative estimate of drug-likeness (QED) is 0.350. The Morgan fingerprint density at radius 3 is 2.72 bits per heavy atom. The highest BCUT2D eigenvalue weighted by atomic mass is 32.2. The molecule has 1 saturated heterocycles. The number of nitro groups is 1. The maximum atomic E-state index is 12.6. The number of benzene rings is 1.